The average Bonchev–Trinajstić information content (AvgIpc) is 2.41. The van der Waals surface area contributed by atoms with Gasteiger partial charge in [0, 0.05) is 18.2 Å². The Kier molecular flexibility index (Phi) is 3.84. The van der Waals surface area contributed by atoms with Crippen molar-refractivity contribution in [2.75, 3.05) is 12.8 Å². The minimum absolute atomic E-state index is 0.138. The number of nitrogens with two attached hydrogens (primary N) is 1. The Hall–Kier alpha value is -2.57. The first-order valence-electron chi connectivity index (χ1n) is 5.67. The van der Waals surface area contributed by atoms with Gasteiger partial charge in [0.1, 0.15) is 29.0 Å². The molecule has 0 fully saturated rings. The third kappa shape index (κ3) is 2.67. The largest absolute Gasteiger partial charge is 0.497 e. The lowest BCUT2D eigenvalue weighted by molar-refractivity contribution is 0.102. The predicted octanol–water partition coefficient (Wildman–Crippen LogP) is 3.06. The van der Waals surface area contributed by atoms with Crippen molar-refractivity contribution >= 4 is 11.5 Å². The topological polar surface area (TPSA) is 52.3 Å². The molecule has 0 aliphatic heterocycles. The van der Waals surface area contributed by atoms with E-state index < -0.39 is 45.9 Å². The van der Waals surface area contributed by atoms with E-state index in [4.69, 9.17) is 5.73 Å². The second-order valence-electron chi connectivity index (χ2n) is 4.15. The molecule has 0 aromatic heterocycles. The molecule has 0 unspecified atom stereocenters. The van der Waals surface area contributed by atoms with Crippen LogP contribution in [0.4, 0.5) is 23.2 Å². The number of benzene rings is 2. The maximum atomic E-state index is 13.8. The lowest BCUT2D eigenvalue weighted by Gasteiger charge is -2.08. The summed E-state index contributed by atoms with van der Waals surface area (Å²) >= 11 is 0. The maximum absolute atomic E-state index is 13.8. The second-order valence-corrected chi connectivity index (χ2v) is 4.15. The van der Waals surface area contributed by atoms with E-state index in [-0.39, 0.29) is 5.75 Å². The highest BCUT2D eigenvalue weighted by atomic mass is 19.1. The van der Waals surface area contributed by atoms with Crippen molar-refractivity contribution in [2.45, 2.75) is 0 Å². The number of hydrogen-bond donors (Lipinski definition) is 1. The number of anilines is 1. The Morgan fingerprint density at radius 1 is 0.952 bits per heavy atom. The van der Waals surface area contributed by atoms with E-state index in [1.165, 1.54) is 7.11 Å². The fourth-order valence-electron chi connectivity index (χ4n) is 1.76. The van der Waals surface area contributed by atoms with Crippen LogP contribution in [0.15, 0.2) is 24.3 Å². The number of ketones is 1. The smallest absolute Gasteiger partial charge is 0.201 e. The van der Waals surface area contributed by atoms with Crippen LogP contribution in [-0.2, 0) is 0 Å². The first-order chi connectivity index (χ1) is 9.85. The molecule has 0 amide bonds. The predicted molar refractivity (Wildman–Crippen MR) is 67.1 cm³/mol. The van der Waals surface area contributed by atoms with Gasteiger partial charge in [-0.25, -0.2) is 17.6 Å². The van der Waals surface area contributed by atoms with Crippen molar-refractivity contribution in [3.8, 4) is 5.75 Å². The Labute approximate surface area is 116 Å². The van der Waals surface area contributed by atoms with Crippen LogP contribution in [0.5, 0.6) is 5.75 Å². The average molecular weight is 299 g/mol. The number of rotatable bonds is 3. The molecule has 0 aliphatic rings. The molecule has 0 spiro atoms. The summed E-state index contributed by atoms with van der Waals surface area (Å²) in [5.41, 5.74) is 3.02. The van der Waals surface area contributed by atoms with E-state index in [1.54, 1.807) is 0 Å². The van der Waals surface area contributed by atoms with E-state index in [9.17, 15) is 22.4 Å². The molecule has 2 rings (SSSR count). The van der Waals surface area contributed by atoms with Gasteiger partial charge in [0.25, 0.3) is 0 Å². The van der Waals surface area contributed by atoms with Crippen molar-refractivity contribution in [3.63, 3.8) is 0 Å². The number of hydrogen-bond acceptors (Lipinski definition) is 3. The van der Waals surface area contributed by atoms with Gasteiger partial charge in [-0.3, -0.25) is 4.79 Å². The van der Waals surface area contributed by atoms with Crippen LogP contribution in [0.1, 0.15) is 15.9 Å². The van der Waals surface area contributed by atoms with Crippen LogP contribution >= 0.6 is 0 Å². The second kappa shape index (κ2) is 5.43. The molecule has 0 radical (unpaired) electrons. The van der Waals surface area contributed by atoms with E-state index in [0.717, 1.165) is 12.1 Å². The van der Waals surface area contributed by atoms with Gasteiger partial charge >= 0.3 is 0 Å². The van der Waals surface area contributed by atoms with Gasteiger partial charge < -0.3 is 10.5 Å². The van der Waals surface area contributed by atoms with Crippen molar-refractivity contribution < 1.29 is 27.1 Å². The number of carbonyl (C=O) groups is 1. The van der Waals surface area contributed by atoms with Crippen LogP contribution in [0.25, 0.3) is 0 Å². The highest BCUT2D eigenvalue weighted by molar-refractivity contribution is 6.10. The van der Waals surface area contributed by atoms with Gasteiger partial charge in [-0.2, -0.15) is 0 Å². The summed E-state index contributed by atoms with van der Waals surface area (Å²) in [6, 6.07) is 2.63. The van der Waals surface area contributed by atoms with Crippen molar-refractivity contribution in [1.29, 1.82) is 0 Å². The zero-order valence-electron chi connectivity index (χ0n) is 10.7. The Morgan fingerprint density at radius 2 is 1.52 bits per heavy atom. The Balaban J connectivity index is 2.58. The summed E-state index contributed by atoms with van der Waals surface area (Å²) in [4.78, 5) is 12.0. The molecule has 3 nitrogen and oxygen atoms in total. The van der Waals surface area contributed by atoms with Crippen LogP contribution in [-0.4, -0.2) is 12.9 Å². The first kappa shape index (κ1) is 14.8. The summed E-state index contributed by atoms with van der Waals surface area (Å²) < 4.78 is 58.8. The molecule has 0 heterocycles. The number of halogens is 4. The highest BCUT2D eigenvalue weighted by Crippen LogP contribution is 2.25. The molecule has 2 aromatic carbocycles. The molecule has 2 N–H and O–H groups in total. The van der Waals surface area contributed by atoms with E-state index >= 15 is 0 Å². The molecule has 0 aliphatic carbocycles. The molecule has 110 valence electrons. The molecular weight excluding hydrogens is 290 g/mol. The van der Waals surface area contributed by atoms with Gasteiger partial charge in [-0.15, -0.1) is 0 Å². The fraction of sp³-hybridized carbons (Fsp3) is 0.0714. The molecular formula is C14H9F4NO2. The van der Waals surface area contributed by atoms with E-state index in [0.29, 0.717) is 12.1 Å². The van der Waals surface area contributed by atoms with Crippen molar-refractivity contribution in [3.05, 3.63) is 58.7 Å². The zero-order chi connectivity index (χ0) is 15.7. The minimum atomic E-state index is -1.28. The number of carbonyl (C=O) groups excluding carboxylic acids is 1. The van der Waals surface area contributed by atoms with Crippen LogP contribution < -0.4 is 10.5 Å². The quantitative estimate of drug-likeness (QED) is 0.538. The number of methoxy groups -OCH3 is 1. The number of ether oxygens (including phenoxy) is 1. The standard InChI is InChI=1S/C14H9F4NO2/c1-21-6-2-10(17)13(11(18)3-6)14(20)7-4-12(19)9(16)5-8(7)15/h2-5H,19H2,1H3. The summed E-state index contributed by atoms with van der Waals surface area (Å²) in [5.74, 6) is -6.20. The minimum Gasteiger partial charge on any atom is -0.497 e. The van der Waals surface area contributed by atoms with Gasteiger partial charge in [0.15, 0.2) is 0 Å². The van der Waals surface area contributed by atoms with Gasteiger partial charge in [-0.1, -0.05) is 0 Å². The number of nitrogen functional groups attached to an aromatic ring is 1. The van der Waals surface area contributed by atoms with Gasteiger partial charge in [-0.05, 0) is 6.07 Å². The Morgan fingerprint density at radius 3 is 2.05 bits per heavy atom. The molecule has 0 saturated heterocycles. The lowest BCUT2D eigenvalue weighted by Crippen LogP contribution is -2.11. The van der Waals surface area contributed by atoms with E-state index in [1.807, 2.05) is 0 Å². The summed E-state index contributed by atoms with van der Waals surface area (Å²) in [7, 11) is 1.19. The fourth-order valence-corrected chi connectivity index (χ4v) is 1.76. The molecule has 2 aromatic rings. The van der Waals surface area contributed by atoms with Crippen LogP contribution in [0.2, 0.25) is 0 Å². The normalized spacial score (nSPS) is 10.5. The molecule has 0 bridgehead atoms. The van der Waals surface area contributed by atoms with E-state index in [2.05, 4.69) is 4.74 Å². The summed E-state index contributed by atoms with van der Waals surface area (Å²) in [6.45, 7) is 0. The zero-order valence-corrected chi connectivity index (χ0v) is 10.7. The molecule has 21 heavy (non-hydrogen) atoms. The summed E-state index contributed by atoms with van der Waals surface area (Å²) in [6.07, 6.45) is 0. The third-order valence-electron chi connectivity index (χ3n) is 2.81. The summed E-state index contributed by atoms with van der Waals surface area (Å²) in [5, 5.41) is 0. The van der Waals surface area contributed by atoms with Gasteiger partial charge in [0.05, 0.1) is 23.9 Å². The van der Waals surface area contributed by atoms with Crippen molar-refractivity contribution in [2.24, 2.45) is 0 Å². The molecule has 0 atom stereocenters. The highest BCUT2D eigenvalue weighted by Gasteiger charge is 2.24. The SMILES string of the molecule is COc1cc(F)c(C(=O)c2cc(N)c(F)cc2F)c(F)c1. The monoisotopic (exact) mass is 299 g/mol. The maximum Gasteiger partial charge on any atom is 0.201 e. The van der Waals surface area contributed by atoms with Crippen molar-refractivity contribution in [1.82, 2.24) is 0 Å². The molecule has 7 heteroatoms. The Bertz CT molecular complexity index is 708. The lowest BCUT2D eigenvalue weighted by atomic mass is 10.0. The van der Waals surface area contributed by atoms with Crippen LogP contribution in [0, 0.1) is 23.3 Å². The molecule has 0 saturated carbocycles. The first-order valence-corrected chi connectivity index (χ1v) is 5.67. The third-order valence-corrected chi connectivity index (χ3v) is 2.81. The van der Waals surface area contributed by atoms with Gasteiger partial charge in [0.2, 0.25) is 5.78 Å². The van der Waals surface area contributed by atoms with Crippen LogP contribution in [0.3, 0.4) is 0 Å².